The van der Waals surface area contributed by atoms with Crippen LogP contribution in [0.25, 0.3) is 0 Å². The van der Waals surface area contributed by atoms with E-state index in [4.69, 9.17) is 9.47 Å². The van der Waals surface area contributed by atoms with Gasteiger partial charge in [0.1, 0.15) is 0 Å². The molecule has 116 valence electrons. The Morgan fingerprint density at radius 1 is 1.38 bits per heavy atom. The van der Waals surface area contributed by atoms with Crippen LogP contribution in [0.5, 0.6) is 11.5 Å². The molecule has 1 aromatic carbocycles. The highest BCUT2D eigenvalue weighted by Gasteiger charge is 2.19. The van der Waals surface area contributed by atoms with Crippen molar-refractivity contribution in [1.29, 1.82) is 0 Å². The smallest absolute Gasteiger partial charge is 0.222 e. The van der Waals surface area contributed by atoms with E-state index in [0.29, 0.717) is 24.0 Å². The van der Waals surface area contributed by atoms with E-state index in [-0.39, 0.29) is 11.9 Å². The first kappa shape index (κ1) is 15.6. The van der Waals surface area contributed by atoms with Crippen molar-refractivity contribution < 1.29 is 14.3 Å². The second-order valence-electron chi connectivity index (χ2n) is 5.40. The van der Waals surface area contributed by atoms with Crippen LogP contribution >= 0.6 is 0 Å². The molecule has 5 heteroatoms. The van der Waals surface area contributed by atoms with Crippen LogP contribution in [0.2, 0.25) is 0 Å². The molecule has 1 aliphatic rings. The summed E-state index contributed by atoms with van der Waals surface area (Å²) in [5, 5.41) is 6.37. The molecule has 1 aromatic rings. The average Bonchev–Trinajstić information content (AvgIpc) is 2.99. The monoisotopic (exact) mass is 292 g/mol. The van der Waals surface area contributed by atoms with Gasteiger partial charge in [-0.2, -0.15) is 0 Å². The molecule has 0 spiro atoms. The van der Waals surface area contributed by atoms with Gasteiger partial charge < -0.3 is 20.1 Å². The van der Waals surface area contributed by atoms with E-state index in [1.54, 1.807) is 14.2 Å². The van der Waals surface area contributed by atoms with Gasteiger partial charge in [-0.1, -0.05) is 6.07 Å². The lowest BCUT2D eigenvalue weighted by Gasteiger charge is -2.18. The van der Waals surface area contributed by atoms with Crippen molar-refractivity contribution in [1.82, 2.24) is 10.6 Å². The number of amides is 1. The molecule has 1 heterocycles. The van der Waals surface area contributed by atoms with Gasteiger partial charge in [0.15, 0.2) is 11.5 Å². The SMILES string of the molecule is COc1ccc(C(C)NC(=O)CC2CCCN2)cc1OC. The van der Waals surface area contributed by atoms with Crippen molar-refractivity contribution in [3.8, 4) is 11.5 Å². The molecule has 0 saturated carbocycles. The van der Waals surface area contributed by atoms with E-state index in [1.807, 2.05) is 25.1 Å². The van der Waals surface area contributed by atoms with E-state index in [1.165, 1.54) is 0 Å². The van der Waals surface area contributed by atoms with Crippen molar-refractivity contribution in [3.63, 3.8) is 0 Å². The van der Waals surface area contributed by atoms with E-state index in [2.05, 4.69) is 10.6 Å². The Labute approximate surface area is 126 Å². The second kappa shape index (κ2) is 7.31. The lowest BCUT2D eigenvalue weighted by molar-refractivity contribution is -0.122. The molecule has 2 N–H and O–H groups in total. The zero-order valence-electron chi connectivity index (χ0n) is 12.9. The molecule has 0 radical (unpaired) electrons. The summed E-state index contributed by atoms with van der Waals surface area (Å²) in [6, 6.07) is 5.97. The largest absolute Gasteiger partial charge is 0.493 e. The first-order valence-electron chi connectivity index (χ1n) is 7.38. The standard InChI is InChI=1S/C16H24N2O3/c1-11(18-16(19)10-13-5-4-8-17-13)12-6-7-14(20-2)15(9-12)21-3/h6-7,9,11,13,17H,4-5,8,10H2,1-3H3,(H,18,19). The quantitative estimate of drug-likeness (QED) is 0.842. The van der Waals surface area contributed by atoms with Gasteiger partial charge in [0.05, 0.1) is 20.3 Å². The molecular weight excluding hydrogens is 268 g/mol. The predicted molar refractivity (Wildman–Crippen MR) is 81.7 cm³/mol. The highest BCUT2D eigenvalue weighted by Crippen LogP contribution is 2.29. The number of methoxy groups -OCH3 is 2. The van der Waals surface area contributed by atoms with Gasteiger partial charge in [0.2, 0.25) is 5.91 Å². The molecule has 1 aliphatic heterocycles. The predicted octanol–water partition coefficient (Wildman–Crippen LogP) is 2.02. The minimum atomic E-state index is -0.0568. The fourth-order valence-electron chi connectivity index (χ4n) is 2.66. The minimum Gasteiger partial charge on any atom is -0.493 e. The molecule has 5 nitrogen and oxygen atoms in total. The number of hydrogen-bond acceptors (Lipinski definition) is 4. The van der Waals surface area contributed by atoms with Crippen molar-refractivity contribution >= 4 is 5.91 Å². The maximum Gasteiger partial charge on any atom is 0.222 e. The lowest BCUT2D eigenvalue weighted by atomic mass is 10.1. The third-order valence-corrected chi connectivity index (χ3v) is 3.88. The molecule has 0 aromatic heterocycles. The molecule has 2 rings (SSSR count). The second-order valence-corrected chi connectivity index (χ2v) is 5.40. The van der Waals surface area contributed by atoms with Gasteiger partial charge in [0, 0.05) is 12.5 Å². The molecule has 1 fully saturated rings. The highest BCUT2D eigenvalue weighted by molar-refractivity contribution is 5.77. The Hall–Kier alpha value is -1.75. The number of ether oxygens (including phenoxy) is 2. The van der Waals surface area contributed by atoms with Crippen molar-refractivity contribution in [3.05, 3.63) is 23.8 Å². The fraction of sp³-hybridized carbons (Fsp3) is 0.562. The van der Waals surface area contributed by atoms with E-state index >= 15 is 0 Å². The van der Waals surface area contributed by atoms with E-state index in [9.17, 15) is 4.79 Å². The maximum absolute atomic E-state index is 12.1. The van der Waals surface area contributed by atoms with Gasteiger partial charge in [-0.3, -0.25) is 4.79 Å². The molecule has 1 amide bonds. The van der Waals surface area contributed by atoms with Gasteiger partial charge in [0.25, 0.3) is 0 Å². The summed E-state index contributed by atoms with van der Waals surface area (Å²) in [5.41, 5.74) is 1.00. The van der Waals surface area contributed by atoms with E-state index in [0.717, 1.165) is 24.9 Å². The third-order valence-electron chi connectivity index (χ3n) is 3.88. The Bertz CT molecular complexity index is 484. The summed E-state index contributed by atoms with van der Waals surface area (Å²) >= 11 is 0. The van der Waals surface area contributed by atoms with Crippen LogP contribution in [0.1, 0.15) is 37.8 Å². The zero-order chi connectivity index (χ0) is 15.2. The van der Waals surface area contributed by atoms with Crippen molar-refractivity contribution in [2.24, 2.45) is 0 Å². The number of carbonyl (C=O) groups excluding carboxylic acids is 1. The van der Waals surface area contributed by atoms with Crippen LogP contribution in [0.3, 0.4) is 0 Å². The average molecular weight is 292 g/mol. The molecular formula is C16H24N2O3. The number of carbonyl (C=O) groups is 1. The third kappa shape index (κ3) is 4.11. The number of nitrogens with one attached hydrogen (secondary N) is 2. The Balaban J connectivity index is 1.95. The van der Waals surface area contributed by atoms with Crippen molar-refractivity contribution in [2.75, 3.05) is 20.8 Å². The Morgan fingerprint density at radius 3 is 2.76 bits per heavy atom. The zero-order valence-corrected chi connectivity index (χ0v) is 12.9. The summed E-state index contributed by atoms with van der Waals surface area (Å²) in [6.07, 6.45) is 2.78. The molecule has 0 bridgehead atoms. The topological polar surface area (TPSA) is 59.6 Å². The Morgan fingerprint density at radius 2 is 2.14 bits per heavy atom. The fourth-order valence-corrected chi connectivity index (χ4v) is 2.66. The molecule has 21 heavy (non-hydrogen) atoms. The lowest BCUT2D eigenvalue weighted by Crippen LogP contribution is -2.33. The van der Waals surface area contributed by atoms with Crippen LogP contribution in [0.15, 0.2) is 18.2 Å². The van der Waals surface area contributed by atoms with Crippen LogP contribution in [0, 0.1) is 0 Å². The maximum atomic E-state index is 12.1. The highest BCUT2D eigenvalue weighted by atomic mass is 16.5. The van der Waals surface area contributed by atoms with E-state index < -0.39 is 0 Å². The molecule has 0 aliphatic carbocycles. The van der Waals surface area contributed by atoms with Gasteiger partial charge >= 0.3 is 0 Å². The summed E-state index contributed by atoms with van der Waals surface area (Å²) in [4.78, 5) is 12.1. The normalized spacial score (nSPS) is 19.1. The molecule has 2 unspecified atom stereocenters. The summed E-state index contributed by atoms with van der Waals surface area (Å²) in [6.45, 7) is 2.99. The van der Waals surface area contributed by atoms with Crippen LogP contribution < -0.4 is 20.1 Å². The first-order chi connectivity index (χ1) is 10.1. The number of rotatable bonds is 6. The minimum absolute atomic E-state index is 0.0568. The van der Waals surface area contributed by atoms with Crippen LogP contribution in [-0.4, -0.2) is 32.7 Å². The molecule has 1 saturated heterocycles. The number of hydrogen-bond donors (Lipinski definition) is 2. The van der Waals surface area contributed by atoms with Crippen LogP contribution in [0.4, 0.5) is 0 Å². The van der Waals surface area contributed by atoms with Gasteiger partial charge in [-0.15, -0.1) is 0 Å². The summed E-state index contributed by atoms with van der Waals surface area (Å²) in [7, 11) is 3.22. The van der Waals surface area contributed by atoms with Gasteiger partial charge in [-0.25, -0.2) is 0 Å². The number of benzene rings is 1. The first-order valence-corrected chi connectivity index (χ1v) is 7.38. The van der Waals surface area contributed by atoms with Crippen LogP contribution in [-0.2, 0) is 4.79 Å². The van der Waals surface area contributed by atoms with Gasteiger partial charge in [-0.05, 0) is 44.0 Å². The van der Waals surface area contributed by atoms with Crippen molar-refractivity contribution in [2.45, 2.75) is 38.3 Å². The Kier molecular flexibility index (Phi) is 5.44. The summed E-state index contributed by atoms with van der Waals surface area (Å²) < 4.78 is 10.5. The molecule has 2 atom stereocenters. The summed E-state index contributed by atoms with van der Waals surface area (Å²) in [5.74, 6) is 1.44.